The molecule has 7 nitrogen and oxygen atoms in total. The Kier molecular flexibility index (Phi) is 3.48. The zero-order valence-corrected chi connectivity index (χ0v) is 14.8. The number of phenolic OH excluding ortho intramolecular Hbond substituents is 1. The van der Waals surface area contributed by atoms with Crippen molar-refractivity contribution in [3.63, 3.8) is 0 Å². The van der Waals surface area contributed by atoms with Gasteiger partial charge in [0.2, 0.25) is 0 Å². The number of non-ortho nitro benzene ring substituents is 1. The van der Waals surface area contributed by atoms with Gasteiger partial charge in [0, 0.05) is 22.6 Å². The standard InChI is InChI=1S/C22H12N2O5/c25-18-6-2-3-11-7-8-16(23-20(11)18)19-21(26)14-9-12-4-1-5-17(24(28)29)13(12)10-15(14)22(19)27/h1-10,19,25H. The van der Waals surface area contributed by atoms with E-state index in [2.05, 4.69) is 4.98 Å². The molecule has 5 rings (SSSR count). The van der Waals surface area contributed by atoms with Crippen molar-refractivity contribution in [1.29, 1.82) is 0 Å². The molecule has 1 N–H and O–H groups in total. The Labute approximate surface area is 163 Å². The van der Waals surface area contributed by atoms with Gasteiger partial charge in [-0.05, 0) is 29.7 Å². The number of phenols is 1. The first-order valence-electron chi connectivity index (χ1n) is 8.84. The van der Waals surface area contributed by atoms with Crippen molar-refractivity contribution in [3.8, 4) is 5.75 Å². The van der Waals surface area contributed by atoms with E-state index in [1.165, 1.54) is 24.3 Å². The van der Waals surface area contributed by atoms with E-state index in [4.69, 9.17) is 0 Å². The van der Waals surface area contributed by atoms with Gasteiger partial charge in [-0.15, -0.1) is 0 Å². The maximum atomic E-state index is 13.1. The van der Waals surface area contributed by atoms with Crippen molar-refractivity contribution in [2.45, 2.75) is 5.92 Å². The Hall–Kier alpha value is -4.13. The number of benzene rings is 3. The molecule has 140 valence electrons. The Balaban J connectivity index is 1.69. The van der Waals surface area contributed by atoms with Gasteiger partial charge >= 0.3 is 0 Å². The maximum Gasteiger partial charge on any atom is 0.277 e. The van der Waals surface area contributed by atoms with E-state index in [1.807, 2.05) is 0 Å². The third kappa shape index (κ3) is 2.41. The number of hydrogen-bond donors (Lipinski definition) is 1. The lowest BCUT2D eigenvalue weighted by atomic mass is 9.98. The molecule has 0 fully saturated rings. The number of Topliss-reactive ketones (excluding diaryl/α,β-unsaturated/α-hetero) is 2. The van der Waals surface area contributed by atoms with Gasteiger partial charge in [0.25, 0.3) is 5.69 Å². The summed E-state index contributed by atoms with van der Waals surface area (Å²) in [5.41, 5.74) is 0.807. The quantitative estimate of drug-likeness (QED) is 0.316. The van der Waals surface area contributed by atoms with E-state index >= 15 is 0 Å². The van der Waals surface area contributed by atoms with Crippen LogP contribution in [0.4, 0.5) is 5.69 Å². The number of nitro benzene ring substituents is 1. The van der Waals surface area contributed by atoms with Crippen LogP contribution in [-0.2, 0) is 0 Å². The monoisotopic (exact) mass is 384 g/mol. The number of para-hydroxylation sites is 1. The fourth-order valence-electron chi connectivity index (χ4n) is 3.88. The predicted molar refractivity (Wildman–Crippen MR) is 105 cm³/mol. The summed E-state index contributed by atoms with van der Waals surface area (Å²) in [7, 11) is 0. The third-order valence-corrected chi connectivity index (χ3v) is 5.26. The molecule has 0 amide bonds. The Morgan fingerprint density at radius 3 is 2.34 bits per heavy atom. The van der Waals surface area contributed by atoms with Crippen LogP contribution in [0.15, 0.2) is 60.7 Å². The fraction of sp³-hybridized carbons (Fsp3) is 0.0455. The predicted octanol–water partition coefficient (Wildman–Crippen LogP) is 4.16. The highest BCUT2D eigenvalue weighted by Gasteiger charge is 2.41. The van der Waals surface area contributed by atoms with Crippen LogP contribution in [0.5, 0.6) is 5.75 Å². The number of nitrogens with zero attached hydrogens (tertiary/aromatic N) is 2. The highest BCUT2D eigenvalue weighted by atomic mass is 16.6. The zero-order valence-electron chi connectivity index (χ0n) is 14.8. The largest absolute Gasteiger partial charge is 0.506 e. The van der Waals surface area contributed by atoms with E-state index in [9.17, 15) is 24.8 Å². The Bertz CT molecular complexity index is 1390. The van der Waals surface area contributed by atoms with Crippen LogP contribution < -0.4 is 0 Å². The Morgan fingerprint density at radius 2 is 1.59 bits per heavy atom. The number of rotatable bonds is 2. The number of aromatic nitrogens is 1. The van der Waals surface area contributed by atoms with Crippen LogP contribution in [0.3, 0.4) is 0 Å². The summed E-state index contributed by atoms with van der Waals surface area (Å²) >= 11 is 0. The SMILES string of the molecule is O=C1c2cc3cccc([N+](=O)[O-])c3cc2C(=O)C1c1ccc2cccc(O)c2n1. The average molecular weight is 384 g/mol. The minimum Gasteiger partial charge on any atom is -0.506 e. The molecule has 29 heavy (non-hydrogen) atoms. The molecule has 1 atom stereocenters. The second-order valence-electron chi connectivity index (χ2n) is 6.90. The molecule has 1 aliphatic rings. The van der Waals surface area contributed by atoms with Gasteiger partial charge in [-0.1, -0.05) is 30.3 Å². The minimum atomic E-state index is -1.13. The molecular formula is C22H12N2O5. The van der Waals surface area contributed by atoms with Crippen molar-refractivity contribution in [1.82, 2.24) is 4.98 Å². The molecule has 1 unspecified atom stereocenters. The van der Waals surface area contributed by atoms with Crippen molar-refractivity contribution >= 4 is 38.9 Å². The van der Waals surface area contributed by atoms with Crippen LogP contribution in [0.25, 0.3) is 21.7 Å². The first-order valence-corrected chi connectivity index (χ1v) is 8.84. The van der Waals surface area contributed by atoms with Gasteiger partial charge in [-0.3, -0.25) is 19.7 Å². The summed E-state index contributed by atoms with van der Waals surface area (Å²) < 4.78 is 0. The first kappa shape index (κ1) is 17.0. The second-order valence-corrected chi connectivity index (χ2v) is 6.90. The summed E-state index contributed by atoms with van der Waals surface area (Å²) in [6.07, 6.45) is 0. The fourth-order valence-corrected chi connectivity index (χ4v) is 3.88. The van der Waals surface area contributed by atoms with Crippen LogP contribution in [0.1, 0.15) is 32.3 Å². The van der Waals surface area contributed by atoms with E-state index in [0.717, 1.165) is 0 Å². The summed E-state index contributed by atoms with van der Waals surface area (Å²) in [4.78, 5) is 41.3. The molecular weight excluding hydrogens is 372 g/mol. The van der Waals surface area contributed by atoms with Gasteiger partial charge in [-0.25, -0.2) is 4.98 Å². The molecule has 0 saturated carbocycles. The molecule has 4 aromatic rings. The van der Waals surface area contributed by atoms with Crippen LogP contribution in [-0.4, -0.2) is 26.6 Å². The van der Waals surface area contributed by atoms with Crippen LogP contribution in [0, 0.1) is 10.1 Å². The molecule has 1 aliphatic carbocycles. The number of ketones is 2. The lowest BCUT2D eigenvalue weighted by molar-refractivity contribution is -0.383. The summed E-state index contributed by atoms with van der Waals surface area (Å²) in [6, 6.07) is 15.7. The van der Waals surface area contributed by atoms with Crippen LogP contribution >= 0.6 is 0 Å². The number of carbonyl (C=O) groups excluding carboxylic acids is 2. The van der Waals surface area contributed by atoms with E-state index in [0.29, 0.717) is 21.7 Å². The number of carbonyl (C=O) groups is 2. The summed E-state index contributed by atoms with van der Waals surface area (Å²) in [6.45, 7) is 0. The molecule has 7 heteroatoms. The molecule has 0 spiro atoms. The molecule has 0 radical (unpaired) electrons. The minimum absolute atomic E-state index is 0.0406. The van der Waals surface area contributed by atoms with Crippen molar-refractivity contribution in [2.24, 2.45) is 0 Å². The lowest BCUT2D eigenvalue weighted by Gasteiger charge is -2.08. The van der Waals surface area contributed by atoms with Gasteiger partial charge in [-0.2, -0.15) is 0 Å². The summed E-state index contributed by atoms with van der Waals surface area (Å²) in [5, 5.41) is 22.9. The number of aromatic hydroxyl groups is 1. The molecule has 0 aliphatic heterocycles. The van der Waals surface area contributed by atoms with Gasteiger partial charge < -0.3 is 5.11 Å². The van der Waals surface area contributed by atoms with E-state index in [1.54, 1.807) is 36.4 Å². The average Bonchev–Trinajstić information content (AvgIpc) is 2.96. The molecule has 1 heterocycles. The highest BCUT2D eigenvalue weighted by molar-refractivity contribution is 6.31. The topological polar surface area (TPSA) is 110 Å². The normalized spacial score (nSPS) is 15.8. The zero-order chi connectivity index (χ0) is 20.3. The molecule has 0 bridgehead atoms. The molecule has 3 aromatic carbocycles. The van der Waals surface area contributed by atoms with Crippen molar-refractivity contribution in [2.75, 3.05) is 0 Å². The Morgan fingerprint density at radius 1 is 0.897 bits per heavy atom. The number of hydrogen-bond acceptors (Lipinski definition) is 6. The molecule has 1 aromatic heterocycles. The number of pyridine rings is 1. The van der Waals surface area contributed by atoms with Crippen molar-refractivity contribution in [3.05, 3.63) is 87.6 Å². The van der Waals surface area contributed by atoms with Gasteiger partial charge in [0.05, 0.1) is 16.0 Å². The first-order chi connectivity index (χ1) is 14.0. The number of nitro groups is 1. The van der Waals surface area contributed by atoms with E-state index in [-0.39, 0.29) is 28.3 Å². The van der Waals surface area contributed by atoms with Crippen molar-refractivity contribution < 1.29 is 19.6 Å². The smallest absolute Gasteiger partial charge is 0.277 e. The van der Waals surface area contributed by atoms with Gasteiger partial charge in [0.1, 0.15) is 17.2 Å². The van der Waals surface area contributed by atoms with E-state index < -0.39 is 22.4 Å². The third-order valence-electron chi connectivity index (χ3n) is 5.26. The van der Waals surface area contributed by atoms with Crippen LogP contribution in [0.2, 0.25) is 0 Å². The number of fused-ring (bicyclic) bond motifs is 3. The maximum absolute atomic E-state index is 13.1. The lowest BCUT2D eigenvalue weighted by Crippen LogP contribution is -2.14. The highest BCUT2D eigenvalue weighted by Crippen LogP contribution is 2.38. The molecule has 0 saturated heterocycles. The summed E-state index contributed by atoms with van der Waals surface area (Å²) in [5.74, 6) is -2.03. The second kappa shape index (κ2) is 5.93. The van der Waals surface area contributed by atoms with Gasteiger partial charge in [0.15, 0.2) is 11.6 Å².